The van der Waals surface area contributed by atoms with E-state index < -0.39 is 7.14 Å². The monoisotopic (exact) mass is 365 g/mol. The average molecular weight is 365 g/mol. The van der Waals surface area contributed by atoms with Crippen LogP contribution in [0.4, 0.5) is 0 Å². The predicted octanol–water partition coefficient (Wildman–Crippen LogP) is 4.70. The quantitative estimate of drug-likeness (QED) is 0.532. The summed E-state index contributed by atoms with van der Waals surface area (Å²) >= 11 is 0. The fourth-order valence-corrected chi connectivity index (χ4v) is 4.40. The number of aromatic amines is 1. The zero-order valence-corrected chi connectivity index (χ0v) is 15.9. The lowest BCUT2D eigenvalue weighted by Crippen LogP contribution is -2.08. The highest BCUT2D eigenvalue weighted by atomic mass is 31.2. The van der Waals surface area contributed by atoms with E-state index in [0.29, 0.717) is 5.89 Å². The van der Waals surface area contributed by atoms with Gasteiger partial charge in [0.05, 0.1) is 6.20 Å². The summed E-state index contributed by atoms with van der Waals surface area (Å²) in [6.45, 7) is 5.66. The van der Waals surface area contributed by atoms with Gasteiger partial charge < -0.3 is 14.0 Å². The van der Waals surface area contributed by atoms with E-state index >= 15 is 0 Å². The third-order valence-electron chi connectivity index (χ3n) is 4.57. The van der Waals surface area contributed by atoms with Gasteiger partial charge in [0, 0.05) is 34.2 Å². The van der Waals surface area contributed by atoms with E-state index in [0.717, 1.165) is 39.4 Å². The fraction of sp³-hybridized carbons (Fsp3) is 0.200. The maximum Gasteiger partial charge on any atom is 0.226 e. The third kappa shape index (κ3) is 2.89. The van der Waals surface area contributed by atoms with Gasteiger partial charge in [-0.2, -0.15) is 0 Å². The molecule has 1 aromatic carbocycles. The van der Waals surface area contributed by atoms with Gasteiger partial charge in [-0.15, -0.1) is 0 Å². The zero-order valence-electron chi connectivity index (χ0n) is 15.0. The maximum atomic E-state index is 12.9. The maximum absolute atomic E-state index is 12.9. The van der Waals surface area contributed by atoms with E-state index in [1.807, 2.05) is 30.6 Å². The Morgan fingerprint density at radius 2 is 2.00 bits per heavy atom. The van der Waals surface area contributed by atoms with Crippen LogP contribution >= 0.6 is 7.14 Å². The van der Waals surface area contributed by atoms with Crippen molar-refractivity contribution in [3.05, 3.63) is 54.7 Å². The molecule has 0 radical (unpaired) electrons. The van der Waals surface area contributed by atoms with Crippen LogP contribution in [0.25, 0.3) is 33.6 Å². The molecule has 6 heteroatoms. The number of H-pyrrole nitrogens is 1. The number of hydrogen-bond donors (Lipinski definition) is 1. The van der Waals surface area contributed by atoms with Crippen LogP contribution in [0, 0.1) is 0 Å². The number of benzene rings is 1. The van der Waals surface area contributed by atoms with Gasteiger partial charge in [0.1, 0.15) is 19.1 Å². The molecule has 1 N–H and O–H groups in total. The van der Waals surface area contributed by atoms with Crippen LogP contribution in [0.1, 0.15) is 12.5 Å². The molecule has 0 fully saturated rings. The minimum atomic E-state index is -2.52. The standard InChI is InChI=1S/C20H20N3O2P/c1-4-13-11-22-19-17(13)9-15(12-23-19)14-5-6-16(20-21-7-8-25-20)18(10-14)26(2,3)24/h5-12H,4H2,1-3H3,(H,22,23). The number of pyridine rings is 1. The molecule has 0 aliphatic heterocycles. The number of nitrogens with one attached hydrogen (secondary N) is 1. The zero-order chi connectivity index (χ0) is 18.3. The topological polar surface area (TPSA) is 71.8 Å². The molecule has 0 spiro atoms. The van der Waals surface area contributed by atoms with Gasteiger partial charge in [-0.3, -0.25) is 0 Å². The second-order valence-electron chi connectivity index (χ2n) is 6.71. The molecule has 4 aromatic rings. The van der Waals surface area contributed by atoms with Crippen LogP contribution < -0.4 is 5.30 Å². The van der Waals surface area contributed by atoms with Crippen molar-refractivity contribution in [2.75, 3.05) is 13.3 Å². The lowest BCUT2D eigenvalue weighted by molar-refractivity contribution is 0.574. The van der Waals surface area contributed by atoms with E-state index in [9.17, 15) is 4.57 Å². The summed E-state index contributed by atoms with van der Waals surface area (Å²) in [6, 6.07) is 8.04. The summed E-state index contributed by atoms with van der Waals surface area (Å²) in [5.41, 5.74) is 4.89. The highest BCUT2D eigenvalue weighted by Gasteiger charge is 2.20. The van der Waals surface area contributed by atoms with Gasteiger partial charge in [-0.1, -0.05) is 13.0 Å². The van der Waals surface area contributed by atoms with E-state index in [4.69, 9.17) is 4.42 Å². The summed E-state index contributed by atoms with van der Waals surface area (Å²) in [5, 5.41) is 1.89. The van der Waals surface area contributed by atoms with Crippen molar-refractivity contribution in [3.8, 4) is 22.6 Å². The highest BCUT2D eigenvalue weighted by Crippen LogP contribution is 2.40. The number of oxazole rings is 1. The SMILES string of the molecule is CCc1c[nH]c2ncc(-c3ccc(-c4ncco4)c(P(C)(C)=O)c3)cc12. The van der Waals surface area contributed by atoms with Crippen molar-refractivity contribution in [2.45, 2.75) is 13.3 Å². The molecular formula is C20H20N3O2P. The highest BCUT2D eigenvalue weighted by molar-refractivity contribution is 7.70. The molecule has 26 heavy (non-hydrogen) atoms. The van der Waals surface area contributed by atoms with Crippen molar-refractivity contribution >= 4 is 23.5 Å². The molecule has 0 amide bonds. The Kier molecular flexibility index (Phi) is 4.04. The molecule has 0 aliphatic carbocycles. The molecule has 0 unspecified atom stereocenters. The normalized spacial score (nSPS) is 12.0. The smallest absolute Gasteiger partial charge is 0.226 e. The number of aryl methyl sites for hydroxylation is 1. The number of aromatic nitrogens is 3. The molecule has 3 heterocycles. The molecule has 0 saturated carbocycles. The number of rotatable bonds is 4. The van der Waals surface area contributed by atoms with Crippen LogP contribution in [0.15, 0.2) is 53.5 Å². The number of fused-ring (bicyclic) bond motifs is 1. The first-order chi connectivity index (χ1) is 12.5. The van der Waals surface area contributed by atoms with Crippen molar-refractivity contribution in [1.29, 1.82) is 0 Å². The van der Waals surface area contributed by atoms with Gasteiger partial charge in [0.2, 0.25) is 5.89 Å². The molecule has 0 atom stereocenters. The molecule has 0 bridgehead atoms. The second kappa shape index (κ2) is 6.26. The largest absolute Gasteiger partial charge is 0.445 e. The summed E-state index contributed by atoms with van der Waals surface area (Å²) in [6.07, 6.45) is 7.92. The Balaban J connectivity index is 1.89. The van der Waals surface area contributed by atoms with Crippen LogP contribution in [0.2, 0.25) is 0 Å². The van der Waals surface area contributed by atoms with Crippen molar-refractivity contribution in [1.82, 2.24) is 15.0 Å². The second-order valence-corrected chi connectivity index (χ2v) is 9.89. The minimum Gasteiger partial charge on any atom is -0.445 e. The van der Waals surface area contributed by atoms with E-state index in [-0.39, 0.29) is 0 Å². The number of hydrogen-bond acceptors (Lipinski definition) is 4. The molecule has 0 saturated heterocycles. The Morgan fingerprint density at radius 3 is 2.69 bits per heavy atom. The van der Waals surface area contributed by atoms with Crippen LogP contribution in [0.5, 0.6) is 0 Å². The summed E-state index contributed by atoms with van der Waals surface area (Å²) < 4.78 is 18.3. The molecule has 132 valence electrons. The van der Waals surface area contributed by atoms with Crippen LogP contribution in [0.3, 0.4) is 0 Å². The molecule has 3 aromatic heterocycles. The predicted molar refractivity (Wildman–Crippen MR) is 105 cm³/mol. The van der Waals surface area contributed by atoms with Crippen molar-refractivity contribution in [2.24, 2.45) is 0 Å². The van der Waals surface area contributed by atoms with E-state index in [2.05, 4.69) is 27.9 Å². The molecular weight excluding hydrogens is 345 g/mol. The summed E-state index contributed by atoms with van der Waals surface area (Å²) in [5.74, 6) is 0.489. The van der Waals surface area contributed by atoms with Gasteiger partial charge >= 0.3 is 0 Å². The van der Waals surface area contributed by atoms with Gasteiger partial charge in [0.15, 0.2) is 0 Å². The van der Waals surface area contributed by atoms with Gasteiger partial charge in [-0.05, 0) is 49.1 Å². The lowest BCUT2D eigenvalue weighted by atomic mass is 10.0. The molecule has 0 aliphatic rings. The summed E-state index contributed by atoms with van der Waals surface area (Å²) in [4.78, 5) is 12.0. The van der Waals surface area contributed by atoms with E-state index in [1.165, 1.54) is 11.8 Å². The number of nitrogens with zero attached hydrogens (tertiary/aromatic N) is 2. The van der Waals surface area contributed by atoms with E-state index in [1.54, 1.807) is 19.5 Å². The first kappa shape index (κ1) is 16.8. The van der Waals surface area contributed by atoms with Crippen molar-refractivity contribution in [3.63, 3.8) is 0 Å². The Labute approximate surface area is 151 Å². The Morgan fingerprint density at radius 1 is 1.15 bits per heavy atom. The Hall–Kier alpha value is -2.65. The Bertz CT molecular complexity index is 1120. The molecule has 4 rings (SSSR count). The van der Waals surface area contributed by atoms with Crippen LogP contribution in [-0.2, 0) is 11.0 Å². The van der Waals surface area contributed by atoms with Gasteiger partial charge in [0.25, 0.3) is 0 Å². The van der Waals surface area contributed by atoms with Gasteiger partial charge in [-0.25, -0.2) is 9.97 Å². The first-order valence-corrected chi connectivity index (χ1v) is 11.1. The average Bonchev–Trinajstić information content (AvgIpc) is 3.29. The molecule has 5 nitrogen and oxygen atoms in total. The fourth-order valence-electron chi connectivity index (χ4n) is 3.20. The lowest BCUT2D eigenvalue weighted by Gasteiger charge is -2.14. The summed E-state index contributed by atoms with van der Waals surface area (Å²) in [7, 11) is -2.52. The minimum absolute atomic E-state index is 0.489. The first-order valence-electron chi connectivity index (χ1n) is 8.53. The third-order valence-corrected chi connectivity index (χ3v) is 6.10. The van der Waals surface area contributed by atoms with Crippen molar-refractivity contribution < 1.29 is 8.98 Å². The van der Waals surface area contributed by atoms with Crippen LogP contribution in [-0.4, -0.2) is 28.3 Å².